The Hall–Kier alpha value is -17.0. The third-order valence-corrected chi connectivity index (χ3v) is 27.5. The van der Waals surface area contributed by atoms with Crippen LogP contribution in [0.15, 0.2) is 419 Å². The summed E-state index contributed by atoms with van der Waals surface area (Å²) in [7, 11) is 0. The predicted molar refractivity (Wildman–Crippen MR) is 534 cm³/mol. The van der Waals surface area contributed by atoms with Crippen molar-refractivity contribution in [2.75, 3.05) is 0 Å². The predicted octanol–water partition coefficient (Wildman–Crippen LogP) is 31.8. The topological polar surface area (TPSA) is 64.8 Å². The summed E-state index contributed by atoms with van der Waals surface area (Å²) in [6, 6.07) is 151. The molecule has 0 radical (unpaired) electrons. The number of nitrogens with zero attached hydrogens (tertiary/aromatic N) is 7. The number of benzene rings is 22. The highest BCUT2D eigenvalue weighted by Gasteiger charge is 2.30. The third-order valence-electron chi connectivity index (χ3n) is 27.5. The van der Waals surface area contributed by atoms with Gasteiger partial charge in [0, 0.05) is 109 Å². The highest BCUT2D eigenvalue weighted by molar-refractivity contribution is 6.42. The second kappa shape index (κ2) is 26.8. The number of hydrogen-bond acceptors (Lipinski definition) is 4. The zero-order valence-corrected chi connectivity index (χ0v) is 68.5. The lowest BCUT2D eigenvalue weighted by atomic mass is 9.93. The van der Waals surface area contributed by atoms with Gasteiger partial charge in [-0.05, 0) is 129 Å². The van der Waals surface area contributed by atoms with E-state index in [9.17, 15) is 0 Å². The summed E-state index contributed by atoms with van der Waals surface area (Å²) in [5.41, 5.74) is 26.3. The van der Waals surface area contributed by atoms with Crippen LogP contribution in [-0.4, -0.2) is 33.1 Å². The zero-order chi connectivity index (χ0) is 82.8. The molecule has 0 atom stereocenters. The van der Waals surface area contributed by atoms with Crippen LogP contribution in [0.5, 0.6) is 0 Å². The second-order valence-corrected chi connectivity index (χ2v) is 34.0. The van der Waals surface area contributed by atoms with E-state index in [2.05, 4.69) is 408 Å². The maximum atomic E-state index is 5.22. The van der Waals surface area contributed by atoms with E-state index >= 15 is 0 Å². The van der Waals surface area contributed by atoms with Gasteiger partial charge in [-0.2, -0.15) is 0 Å². The van der Waals surface area contributed by atoms with Gasteiger partial charge >= 0.3 is 0 Å². The van der Waals surface area contributed by atoms with Crippen molar-refractivity contribution in [3.63, 3.8) is 0 Å². The highest BCUT2D eigenvalue weighted by Crippen LogP contribution is 2.54. The molecule has 0 saturated heterocycles. The first kappa shape index (κ1) is 69.6. The van der Waals surface area contributed by atoms with Crippen molar-refractivity contribution in [2.24, 2.45) is 0 Å². The lowest BCUT2D eigenvalue weighted by Gasteiger charge is -2.11. The second-order valence-electron chi connectivity index (χ2n) is 34.0. The fraction of sp³-hybridized carbons (Fsp3) is 0. The van der Waals surface area contributed by atoms with Gasteiger partial charge in [-0.1, -0.05) is 376 Å². The molecule has 0 fully saturated rings. The van der Waals surface area contributed by atoms with E-state index in [0.29, 0.717) is 5.82 Å². The fourth-order valence-corrected chi connectivity index (χ4v) is 22.1. The van der Waals surface area contributed by atoms with Crippen LogP contribution in [-0.2, 0) is 0 Å². The standard InChI is InChI=1S/C46H27N3.C40H23N3.C34H19N/c1-3-11-29(12-4-1)39-27-40(30-13-5-2-6-14-30)48-46(47-39)31-23-21-28(22-24-31)32-17-9-19-37-38-26-25-36-34-16-8-7-15-33(34)35-18-10-20-41-42(35)43(36)45(38)49(41)44(32)37;1-3-11-24(12-4-1)33-23-34(25-13-5-2-6-14-25)42-40(41-33)32-19-9-18-30-31-22-21-29-27-16-8-7-15-26(27)28-17-10-20-35-36(28)37(29)39(31)43(35)38(30)32;1-2-8-21-19-22(16-15-20(21)7-1)23-11-5-13-28-29-18-17-27-25-10-4-3-9-24(25)26-12-6-14-30-31(26)32(27)34(29)35(30)33(23)28/h1-27H;1-23H;1-19H. The number of hydrogen-bond donors (Lipinski definition) is 0. The average molecular weight is 1610 g/mol. The van der Waals surface area contributed by atoms with Gasteiger partial charge in [-0.25, -0.2) is 19.9 Å². The van der Waals surface area contributed by atoms with Gasteiger partial charge in [0.15, 0.2) is 11.6 Å². The summed E-state index contributed by atoms with van der Waals surface area (Å²) in [4.78, 5) is 20.6. The van der Waals surface area contributed by atoms with Gasteiger partial charge in [0.1, 0.15) is 0 Å². The molecule has 0 aliphatic heterocycles. The molecule has 30 rings (SSSR count). The van der Waals surface area contributed by atoms with Crippen molar-refractivity contribution in [1.82, 2.24) is 33.1 Å². The van der Waals surface area contributed by atoms with E-state index in [1.165, 1.54) is 206 Å². The molecule has 584 valence electrons. The van der Waals surface area contributed by atoms with Gasteiger partial charge < -0.3 is 13.2 Å². The molecule has 22 aromatic carbocycles. The number of aromatic nitrogens is 7. The van der Waals surface area contributed by atoms with E-state index in [4.69, 9.17) is 19.9 Å². The maximum Gasteiger partial charge on any atom is 0.162 e. The van der Waals surface area contributed by atoms with Crippen LogP contribution in [0.4, 0.5) is 0 Å². The monoisotopic (exact) mass is 1610 g/mol. The smallest absolute Gasteiger partial charge is 0.162 e. The quantitative estimate of drug-likeness (QED) is 0.142. The molecular formula is C120H69N7. The first-order valence-electron chi connectivity index (χ1n) is 43.7. The molecule has 0 aliphatic rings. The summed E-state index contributed by atoms with van der Waals surface area (Å²) in [6.07, 6.45) is 0. The van der Waals surface area contributed by atoms with Crippen molar-refractivity contribution in [3.05, 3.63) is 419 Å². The Kier molecular flexibility index (Phi) is 14.7. The molecule has 7 nitrogen and oxygen atoms in total. The minimum absolute atomic E-state index is 0.716. The number of rotatable bonds is 8. The van der Waals surface area contributed by atoms with Crippen LogP contribution >= 0.6 is 0 Å². The molecule has 0 N–H and O–H groups in total. The molecule has 0 saturated carbocycles. The number of fused-ring (bicyclic) bond motifs is 22. The largest absolute Gasteiger partial charge is 0.307 e. The molecule has 0 unspecified atom stereocenters. The molecule has 8 heterocycles. The molecule has 0 spiro atoms. The van der Waals surface area contributed by atoms with Crippen molar-refractivity contribution >= 4 is 190 Å². The van der Waals surface area contributed by atoms with E-state index in [-0.39, 0.29) is 0 Å². The minimum atomic E-state index is 0.716. The van der Waals surface area contributed by atoms with Crippen molar-refractivity contribution in [1.29, 1.82) is 0 Å². The molecule has 0 bridgehead atoms. The Labute approximate surface area is 726 Å². The average Bonchev–Trinajstić information content (AvgIpc) is 1.52. The van der Waals surface area contributed by atoms with Gasteiger partial charge in [0.25, 0.3) is 0 Å². The highest BCUT2D eigenvalue weighted by atomic mass is 15.0. The third kappa shape index (κ3) is 10.0. The molecule has 7 heteroatoms. The Morgan fingerprint density at radius 3 is 0.795 bits per heavy atom. The van der Waals surface area contributed by atoms with Gasteiger partial charge in [-0.3, -0.25) is 0 Å². The van der Waals surface area contributed by atoms with Crippen LogP contribution in [0.3, 0.4) is 0 Å². The van der Waals surface area contributed by atoms with Gasteiger partial charge in [0.2, 0.25) is 0 Å². The fourth-order valence-electron chi connectivity index (χ4n) is 22.1. The first-order valence-corrected chi connectivity index (χ1v) is 43.7. The molecular weight excluding hydrogens is 1540 g/mol. The minimum Gasteiger partial charge on any atom is -0.307 e. The maximum absolute atomic E-state index is 5.22. The van der Waals surface area contributed by atoms with Crippen LogP contribution in [0.1, 0.15) is 0 Å². The van der Waals surface area contributed by atoms with E-state index in [1.807, 2.05) is 24.3 Å². The molecule has 127 heavy (non-hydrogen) atoms. The van der Waals surface area contributed by atoms with E-state index in [1.54, 1.807) is 0 Å². The van der Waals surface area contributed by atoms with Crippen LogP contribution in [0.2, 0.25) is 0 Å². The Bertz CT molecular complexity index is 9580. The summed E-state index contributed by atoms with van der Waals surface area (Å²) in [6.45, 7) is 0. The van der Waals surface area contributed by atoms with Crippen molar-refractivity contribution in [3.8, 4) is 90.1 Å². The summed E-state index contributed by atoms with van der Waals surface area (Å²) in [5.74, 6) is 1.45. The SMILES string of the molecule is c1ccc(-c2cc(-c3ccccc3)nc(-c3ccc(-c4cccc5c6ccc7c8ccccc8c8cccc9c8c7c6n9c45)cc3)n2)cc1.c1ccc(-c2cc(-c3ccccc3)nc(-c3cccc4c5ccc6c7ccccc7c7cccc8c7c6c5n8c34)n2)cc1.c1ccc2cc(-c3cccc4c5ccc6c7ccccc7c7cccc8c7c6c5n8c34)ccc2c1. The Morgan fingerprint density at radius 2 is 0.409 bits per heavy atom. The summed E-state index contributed by atoms with van der Waals surface area (Å²) >= 11 is 0. The van der Waals surface area contributed by atoms with Crippen LogP contribution in [0.25, 0.3) is 280 Å². The lowest BCUT2D eigenvalue weighted by molar-refractivity contribution is 1.18. The lowest BCUT2D eigenvalue weighted by Crippen LogP contribution is -1.97. The Morgan fingerprint density at radius 1 is 0.142 bits per heavy atom. The molecule has 0 amide bonds. The van der Waals surface area contributed by atoms with Gasteiger partial charge in [-0.15, -0.1) is 0 Å². The van der Waals surface area contributed by atoms with E-state index < -0.39 is 0 Å². The van der Waals surface area contributed by atoms with E-state index in [0.717, 1.165) is 67.5 Å². The first-order chi connectivity index (χ1) is 63.0. The number of para-hydroxylation sites is 3. The van der Waals surface area contributed by atoms with Gasteiger partial charge in [0.05, 0.1) is 72.4 Å². The molecule has 0 aliphatic carbocycles. The zero-order valence-electron chi connectivity index (χ0n) is 68.5. The molecule has 30 aromatic rings. The van der Waals surface area contributed by atoms with Crippen molar-refractivity contribution in [2.45, 2.75) is 0 Å². The van der Waals surface area contributed by atoms with Crippen LogP contribution < -0.4 is 0 Å². The Balaban J connectivity index is 0.0000000979. The summed E-state index contributed by atoms with van der Waals surface area (Å²) < 4.78 is 7.54. The van der Waals surface area contributed by atoms with Crippen molar-refractivity contribution < 1.29 is 0 Å². The molecule has 8 aromatic heterocycles. The van der Waals surface area contributed by atoms with Crippen LogP contribution in [0, 0.1) is 0 Å². The normalized spacial score (nSPS) is 12.3. The summed E-state index contributed by atoms with van der Waals surface area (Å²) in [5, 5.41) is 34.3.